The molecule has 13 heavy (non-hydrogen) atoms. The van der Waals surface area contributed by atoms with Crippen LogP contribution in [-0.2, 0) is 4.79 Å². The number of piperidine rings is 1. The Bertz CT molecular complexity index is 170. The number of hydrogen-bond donors (Lipinski definition) is 0. The fourth-order valence-corrected chi connectivity index (χ4v) is 1.94. The summed E-state index contributed by atoms with van der Waals surface area (Å²) >= 11 is 0. The van der Waals surface area contributed by atoms with Gasteiger partial charge in [-0.3, -0.25) is 0 Å². The van der Waals surface area contributed by atoms with Crippen molar-refractivity contribution in [3.63, 3.8) is 0 Å². The van der Waals surface area contributed by atoms with Crippen LogP contribution in [0.1, 0.15) is 32.6 Å². The lowest BCUT2D eigenvalue weighted by atomic mass is 9.95. The lowest BCUT2D eigenvalue weighted by Crippen LogP contribution is -2.38. The molecule has 0 aromatic heterocycles. The molecule has 1 aliphatic rings. The number of carboxylic acids is 1. The van der Waals surface area contributed by atoms with Crippen molar-refractivity contribution >= 4 is 5.97 Å². The van der Waals surface area contributed by atoms with E-state index in [0.717, 1.165) is 19.0 Å². The number of nitrogens with zero attached hydrogens (tertiary/aromatic N) is 1. The minimum absolute atomic E-state index is 0.177. The smallest absolute Gasteiger partial charge is 0.0427 e. The normalized spacial score (nSPS) is 24.5. The van der Waals surface area contributed by atoms with Gasteiger partial charge in [-0.25, -0.2) is 0 Å². The molecule has 0 N–H and O–H groups in total. The number of carboxylic acid groups (broad SMARTS) is 1. The molecule has 0 saturated carbocycles. The topological polar surface area (TPSA) is 43.4 Å². The van der Waals surface area contributed by atoms with E-state index in [4.69, 9.17) is 0 Å². The van der Waals surface area contributed by atoms with Crippen LogP contribution in [0, 0.1) is 5.92 Å². The van der Waals surface area contributed by atoms with Crippen LogP contribution >= 0.6 is 0 Å². The van der Waals surface area contributed by atoms with Crippen molar-refractivity contribution in [3.05, 3.63) is 0 Å². The molecular weight excluding hydrogens is 166 g/mol. The number of aliphatic carboxylic acids is 1. The maximum Gasteiger partial charge on any atom is 0.0427 e. The number of likely N-dealkylation sites (tertiary alicyclic amines) is 1. The van der Waals surface area contributed by atoms with Gasteiger partial charge in [0, 0.05) is 19.1 Å². The van der Waals surface area contributed by atoms with Gasteiger partial charge in [0.15, 0.2) is 0 Å². The SMILES string of the molecule is CC[C@@H]1CCCN(CCC(=O)[O-])C1. The Hall–Kier alpha value is -0.570. The number of hydrogen-bond acceptors (Lipinski definition) is 3. The second kappa shape index (κ2) is 5.22. The Kier molecular flexibility index (Phi) is 4.22. The predicted molar refractivity (Wildman–Crippen MR) is 49.1 cm³/mol. The number of rotatable bonds is 4. The van der Waals surface area contributed by atoms with Crippen LogP contribution in [0.3, 0.4) is 0 Å². The molecule has 1 aliphatic heterocycles. The van der Waals surface area contributed by atoms with Gasteiger partial charge < -0.3 is 14.8 Å². The molecule has 76 valence electrons. The van der Waals surface area contributed by atoms with Crippen LogP contribution in [0.15, 0.2) is 0 Å². The second-order valence-electron chi connectivity index (χ2n) is 3.84. The van der Waals surface area contributed by atoms with E-state index in [9.17, 15) is 9.90 Å². The highest BCUT2D eigenvalue weighted by Crippen LogP contribution is 2.18. The van der Waals surface area contributed by atoms with E-state index in [1.54, 1.807) is 0 Å². The summed E-state index contributed by atoms with van der Waals surface area (Å²) in [5.74, 6) is -0.158. The molecule has 0 unspecified atom stereocenters. The third kappa shape index (κ3) is 3.77. The molecule has 0 aliphatic carbocycles. The molecular formula is C10H18NO2-. The quantitative estimate of drug-likeness (QED) is 0.629. The standard InChI is InChI=1S/C10H19NO2/c1-2-9-4-3-6-11(8-9)7-5-10(12)13/h9H,2-8H2,1H3,(H,12,13)/p-1/t9-/m1/s1. The fraction of sp³-hybridized carbons (Fsp3) is 0.900. The second-order valence-corrected chi connectivity index (χ2v) is 3.84. The fourth-order valence-electron chi connectivity index (χ4n) is 1.94. The molecule has 1 heterocycles. The molecule has 0 spiro atoms. The van der Waals surface area contributed by atoms with Crippen LogP contribution in [-0.4, -0.2) is 30.5 Å². The summed E-state index contributed by atoms with van der Waals surface area (Å²) in [5.41, 5.74) is 0. The van der Waals surface area contributed by atoms with Crippen molar-refractivity contribution in [2.75, 3.05) is 19.6 Å². The lowest BCUT2D eigenvalue weighted by molar-refractivity contribution is -0.305. The van der Waals surface area contributed by atoms with E-state index in [2.05, 4.69) is 11.8 Å². The summed E-state index contributed by atoms with van der Waals surface area (Å²) in [6.07, 6.45) is 3.90. The van der Waals surface area contributed by atoms with Gasteiger partial charge >= 0.3 is 0 Å². The summed E-state index contributed by atoms with van der Waals surface area (Å²) in [7, 11) is 0. The minimum Gasteiger partial charge on any atom is -0.550 e. The monoisotopic (exact) mass is 184 g/mol. The highest BCUT2D eigenvalue weighted by molar-refractivity contribution is 5.64. The molecule has 0 bridgehead atoms. The van der Waals surface area contributed by atoms with Crippen LogP contribution in [0.5, 0.6) is 0 Å². The average Bonchev–Trinajstić information content (AvgIpc) is 2.15. The average molecular weight is 184 g/mol. The van der Waals surface area contributed by atoms with Crippen molar-refractivity contribution in [3.8, 4) is 0 Å². The highest BCUT2D eigenvalue weighted by atomic mass is 16.4. The highest BCUT2D eigenvalue weighted by Gasteiger charge is 2.17. The zero-order valence-corrected chi connectivity index (χ0v) is 8.29. The first kappa shape index (κ1) is 10.5. The van der Waals surface area contributed by atoms with Gasteiger partial charge in [0.05, 0.1) is 0 Å². The van der Waals surface area contributed by atoms with Gasteiger partial charge in [0.1, 0.15) is 0 Å². The molecule has 1 fully saturated rings. The van der Waals surface area contributed by atoms with Crippen molar-refractivity contribution in [2.45, 2.75) is 32.6 Å². The maximum absolute atomic E-state index is 10.3. The summed E-state index contributed by atoms with van der Waals surface area (Å²) < 4.78 is 0. The molecule has 0 aromatic rings. The molecule has 1 rings (SSSR count). The Morgan fingerprint density at radius 1 is 1.62 bits per heavy atom. The molecule has 0 aromatic carbocycles. The van der Waals surface area contributed by atoms with Gasteiger partial charge in [0.2, 0.25) is 0 Å². The zero-order chi connectivity index (χ0) is 9.68. The van der Waals surface area contributed by atoms with Crippen molar-refractivity contribution in [2.24, 2.45) is 5.92 Å². The Morgan fingerprint density at radius 2 is 2.38 bits per heavy atom. The van der Waals surface area contributed by atoms with Crippen molar-refractivity contribution in [1.82, 2.24) is 4.90 Å². The van der Waals surface area contributed by atoms with E-state index in [0.29, 0.717) is 6.54 Å². The zero-order valence-electron chi connectivity index (χ0n) is 8.29. The van der Waals surface area contributed by atoms with E-state index in [1.165, 1.54) is 19.3 Å². The summed E-state index contributed by atoms with van der Waals surface area (Å²) in [6.45, 7) is 5.00. The van der Waals surface area contributed by atoms with E-state index in [-0.39, 0.29) is 6.42 Å². The van der Waals surface area contributed by atoms with E-state index < -0.39 is 5.97 Å². The molecule has 1 atom stereocenters. The third-order valence-corrected chi connectivity index (χ3v) is 2.81. The van der Waals surface area contributed by atoms with Crippen LogP contribution in [0.25, 0.3) is 0 Å². The first-order valence-electron chi connectivity index (χ1n) is 5.14. The largest absolute Gasteiger partial charge is 0.550 e. The van der Waals surface area contributed by atoms with Crippen molar-refractivity contribution in [1.29, 1.82) is 0 Å². The molecule has 1 saturated heterocycles. The van der Waals surface area contributed by atoms with Crippen LogP contribution in [0.2, 0.25) is 0 Å². The van der Waals surface area contributed by atoms with Gasteiger partial charge in [-0.1, -0.05) is 13.3 Å². The summed E-state index contributed by atoms with van der Waals surface area (Å²) in [5, 5.41) is 10.3. The lowest BCUT2D eigenvalue weighted by Gasteiger charge is -2.32. The number of carbonyl (C=O) groups excluding carboxylic acids is 1. The first-order valence-corrected chi connectivity index (χ1v) is 5.14. The summed E-state index contributed by atoms with van der Waals surface area (Å²) in [6, 6.07) is 0. The molecule has 3 nitrogen and oxygen atoms in total. The van der Waals surface area contributed by atoms with E-state index in [1.807, 2.05) is 0 Å². The van der Waals surface area contributed by atoms with Gasteiger partial charge in [-0.05, 0) is 31.7 Å². The Morgan fingerprint density at radius 3 is 3.00 bits per heavy atom. The minimum atomic E-state index is -0.932. The number of carbonyl (C=O) groups is 1. The summed E-state index contributed by atoms with van der Waals surface area (Å²) in [4.78, 5) is 12.5. The molecule has 3 heteroatoms. The van der Waals surface area contributed by atoms with Crippen molar-refractivity contribution < 1.29 is 9.90 Å². The first-order chi connectivity index (χ1) is 6.22. The van der Waals surface area contributed by atoms with E-state index >= 15 is 0 Å². The van der Waals surface area contributed by atoms with Crippen LogP contribution < -0.4 is 5.11 Å². The van der Waals surface area contributed by atoms with Gasteiger partial charge in [-0.2, -0.15) is 0 Å². The Balaban J connectivity index is 2.21. The predicted octanol–water partition coefficient (Wildman–Crippen LogP) is 0.248. The molecule has 0 amide bonds. The Labute approximate surface area is 79.7 Å². The van der Waals surface area contributed by atoms with Gasteiger partial charge in [0.25, 0.3) is 0 Å². The van der Waals surface area contributed by atoms with Crippen LogP contribution in [0.4, 0.5) is 0 Å². The third-order valence-electron chi connectivity index (χ3n) is 2.81. The molecule has 0 radical (unpaired) electrons. The van der Waals surface area contributed by atoms with Gasteiger partial charge in [-0.15, -0.1) is 0 Å². The maximum atomic E-state index is 10.3.